The lowest BCUT2D eigenvalue weighted by atomic mass is 9.99. The van der Waals surface area contributed by atoms with E-state index in [9.17, 15) is 13.2 Å². The molecule has 2 N–H and O–H groups in total. The molecule has 0 aliphatic carbocycles. The summed E-state index contributed by atoms with van der Waals surface area (Å²) in [7, 11) is -1.96. The van der Waals surface area contributed by atoms with Crippen LogP contribution in [0.1, 0.15) is 48.7 Å². The number of nitrogens with zero attached hydrogens (tertiary/aromatic N) is 3. The molecule has 0 radical (unpaired) electrons. The molecule has 0 bridgehead atoms. The van der Waals surface area contributed by atoms with Crippen LogP contribution in [0.25, 0.3) is 11.1 Å². The Morgan fingerprint density at radius 3 is 2.19 bits per heavy atom. The summed E-state index contributed by atoms with van der Waals surface area (Å²) in [6, 6.07) is 39.1. The highest BCUT2D eigenvalue weighted by Gasteiger charge is 2.23. The lowest BCUT2D eigenvalue weighted by Gasteiger charge is -2.36. The summed E-state index contributed by atoms with van der Waals surface area (Å²) in [5.74, 6) is 0.194. The number of anilines is 2. The number of rotatable bonds is 15. The second kappa shape index (κ2) is 19.0. The predicted molar refractivity (Wildman–Crippen MR) is 238 cm³/mol. The second-order valence-electron chi connectivity index (χ2n) is 15.7. The number of sulfonamides is 1. The van der Waals surface area contributed by atoms with Crippen LogP contribution < -0.4 is 14.9 Å². The van der Waals surface area contributed by atoms with Gasteiger partial charge in [-0.05, 0) is 130 Å². The SMILES string of the molecule is Cc1cc(S(=O)(=O)NC(=O)c2ccc(N3CCN(Cc4ccccc4-c4ccc(Cl)cc4)CC3)cc2)ccc1N[C@H](CCN(C)C(C)(C)C)CSc1ccccc1. The smallest absolute Gasteiger partial charge is 0.264 e. The first-order valence-corrected chi connectivity index (χ1v) is 22.3. The van der Waals surface area contributed by atoms with Gasteiger partial charge in [0.05, 0.1) is 4.90 Å². The van der Waals surface area contributed by atoms with Crippen molar-refractivity contribution < 1.29 is 13.2 Å². The molecule has 6 rings (SSSR count). The van der Waals surface area contributed by atoms with E-state index >= 15 is 0 Å². The van der Waals surface area contributed by atoms with Gasteiger partial charge in [0.1, 0.15) is 0 Å². The van der Waals surface area contributed by atoms with E-state index in [-0.39, 0.29) is 22.0 Å². The average molecular weight is 825 g/mol. The van der Waals surface area contributed by atoms with Gasteiger partial charge in [-0.25, -0.2) is 13.1 Å². The van der Waals surface area contributed by atoms with E-state index in [1.807, 2.05) is 49.4 Å². The zero-order valence-corrected chi connectivity index (χ0v) is 35.9. The molecule has 1 heterocycles. The molecule has 8 nitrogen and oxygen atoms in total. The summed E-state index contributed by atoms with van der Waals surface area (Å²) < 4.78 is 29.2. The first kappa shape index (κ1) is 42.3. The number of halogens is 1. The van der Waals surface area contributed by atoms with Crippen LogP contribution in [0.15, 0.2) is 131 Å². The van der Waals surface area contributed by atoms with Gasteiger partial charge in [0.2, 0.25) is 0 Å². The summed E-state index contributed by atoms with van der Waals surface area (Å²) in [4.78, 5) is 21.6. The molecule has 1 aliphatic heterocycles. The number of carbonyl (C=O) groups is 1. The van der Waals surface area contributed by atoms with Gasteiger partial charge in [-0.2, -0.15) is 0 Å². The molecule has 11 heteroatoms. The lowest BCUT2D eigenvalue weighted by Crippen LogP contribution is -2.46. The minimum atomic E-state index is -4.10. The van der Waals surface area contributed by atoms with E-state index in [2.05, 4.69) is 101 Å². The number of piperazine rings is 1. The maximum absolute atomic E-state index is 13.4. The van der Waals surface area contributed by atoms with Crippen LogP contribution in [0.5, 0.6) is 0 Å². The number of amides is 1. The van der Waals surface area contributed by atoms with Crippen LogP contribution >= 0.6 is 23.4 Å². The van der Waals surface area contributed by atoms with Crippen molar-refractivity contribution in [3.05, 3.63) is 143 Å². The number of aryl methyl sites for hydroxylation is 1. The zero-order chi connectivity index (χ0) is 40.6. The largest absolute Gasteiger partial charge is 0.381 e. The fourth-order valence-electron chi connectivity index (χ4n) is 6.82. The number of hydrogen-bond acceptors (Lipinski definition) is 8. The molecule has 5 aromatic carbocycles. The van der Waals surface area contributed by atoms with Gasteiger partial charge in [0, 0.05) is 83.5 Å². The standard InChI is InChI=1S/C46H54ClN5O3S2/c1-34-31-42(23-24-44(34)48-39(25-26-50(5)46(2,3)4)33-56-41-12-7-6-8-13-41)57(54,55)49-45(53)36-17-21-40(22-18-36)52-29-27-51(28-30-52)32-37-11-9-10-14-43(37)35-15-19-38(47)20-16-35/h6-24,31,39,48H,25-30,32-33H2,1-5H3,(H,49,53)/t39-/m1/s1. The van der Waals surface area contributed by atoms with Crippen LogP contribution in [-0.2, 0) is 16.6 Å². The van der Waals surface area contributed by atoms with Crippen molar-refractivity contribution in [3.63, 3.8) is 0 Å². The van der Waals surface area contributed by atoms with E-state index in [1.54, 1.807) is 42.1 Å². The maximum atomic E-state index is 13.4. The van der Waals surface area contributed by atoms with Gasteiger partial charge in [0.25, 0.3) is 15.9 Å². The molecule has 5 aromatic rings. The van der Waals surface area contributed by atoms with Gasteiger partial charge in [-0.15, -0.1) is 11.8 Å². The Hall–Kier alpha value is -4.32. The van der Waals surface area contributed by atoms with Crippen molar-refractivity contribution in [2.45, 2.75) is 62.0 Å². The van der Waals surface area contributed by atoms with Gasteiger partial charge < -0.3 is 15.1 Å². The van der Waals surface area contributed by atoms with E-state index in [0.717, 1.165) is 79.0 Å². The number of benzene rings is 5. The summed E-state index contributed by atoms with van der Waals surface area (Å²) in [5.41, 5.74) is 6.65. The Morgan fingerprint density at radius 2 is 1.53 bits per heavy atom. The summed E-state index contributed by atoms with van der Waals surface area (Å²) in [5, 5.41) is 4.41. The highest BCUT2D eigenvalue weighted by atomic mass is 35.5. The Kier molecular flexibility index (Phi) is 14.1. The fourth-order valence-corrected chi connectivity index (χ4v) is 9.00. The van der Waals surface area contributed by atoms with Gasteiger partial charge in [-0.1, -0.05) is 66.2 Å². The van der Waals surface area contributed by atoms with Gasteiger partial charge in [0.15, 0.2) is 0 Å². The molecule has 57 heavy (non-hydrogen) atoms. The molecule has 1 aliphatic rings. The van der Waals surface area contributed by atoms with Crippen molar-refractivity contribution >= 4 is 50.7 Å². The minimum absolute atomic E-state index is 0.0480. The van der Waals surface area contributed by atoms with E-state index in [4.69, 9.17) is 11.6 Å². The molecule has 1 fully saturated rings. The molecule has 1 atom stereocenters. The first-order valence-electron chi connectivity index (χ1n) is 19.5. The molecular weight excluding hydrogens is 770 g/mol. The quantitative estimate of drug-likeness (QED) is 0.101. The van der Waals surface area contributed by atoms with Crippen molar-refractivity contribution in [3.8, 4) is 11.1 Å². The number of nitrogens with one attached hydrogen (secondary N) is 2. The molecule has 0 aromatic heterocycles. The average Bonchev–Trinajstić information content (AvgIpc) is 3.20. The first-order chi connectivity index (χ1) is 27.2. The molecule has 0 saturated carbocycles. The van der Waals surface area contributed by atoms with Gasteiger partial charge in [-0.3, -0.25) is 9.69 Å². The van der Waals surface area contributed by atoms with E-state index in [0.29, 0.717) is 0 Å². The Labute approximate surface area is 348 Å². The summed E-state index contributed by atoms with van der Waals surface area (Å²) in [6.45, 7) is 13.8. The van der Waals surface area contributed by atoms with Crippen LogP contribution in [0, 0.1) is 6.92 Å². The highest BCUT2D eigenvalue weighted by molar-refractivity contribution is 7.99. The van der Waals surface area contributed by atoms with Crippen LogP contribution in [-0.4, -0.2) is 81.2 Å². The van der Waals surface area contributed by atoms with Crippen LogP contribution in [0.2, 0.25) is 5.02 Å². The van der Waals surface area contributed by atoms with Crippen LogP contribution in [0.4, 0.5) is 11.4 Å². The molecule has 1 amide bonds. The lowest BCUT2D eigenvalue weighted by molar-refractivity contribution is 0.0981. The topological polar surface area (TPSA) is 85.0 Å². The summed E-state index contributed by atoms with van der Waals surface area (Å²) >= 11 is 7.93. The van der Waals surface area contributed by atoms with Crippen LogP contribution in [0.3, 0.4) is 0 Å². The third-order valence-corrected chi connectivity index (χ3v) is 13.4. The van der Waals surface area contributed by atoms with Crippen molar-refractivity contribution in [2.24, 2.45) is 0 Å². The zero-order valence-electron chi connectivity index (χ0n) is 33.5. The van der Waals surface area contributed by atoms with Crippen molar-refractivity contribution in [1.29, 1.82) is 0 Å². The van der Waals surface area contributed by atoms with Crippen molar-refractivity contribution in [1.82, 2.24) is 14.5 Å². The van der Waals surface area contributed by atoms with E-state index in [1.165, 1.54) is 16.0 Å². The number of thioether (sulfide) groups is 1. The minimum Gasteiger partial charge on any atom is -0.381 e. The highest BCUT2D eigenvalue weighted by Crippen LogP contribution is 2.28. The molecule has 300 valence electrons. The normalized spacial score (nSPS) is 14.4. The van der Waals surface area contributed by atoms with E-state index < -0.39 is 15.9 Å². The summed E-state index contributed by atoms with van der Waals surface area (Å²) in [6.07, 6.45) is 0.916. The third kappa shape index (κ3) is 11.6. The molecular formula is C46H54ClN5O3S2. The maximum Gasteiger partial charge on any atom is 0.264 e. The fraction of sp³-hybridized carbons (Fsp3) is 0.326. The van der Waals surface area contributed by atoms with Gasteiger partial charge >= 0.3 is 0 Å². The number of carbonyl (C=O) groups excluding carboxylic acids is 1. The Morgan fingerprint density at radius 1 is 0.860 bits per heavy atom. The molecule has 1 saturated heterocycles. The molecule has 0 spiro atoms. The monoisotopic (exact) mass is 823 g/mol. The third-order valence-electron chi connectivity index (χ3n) is 10.7. The Bertz CT molecular complexity index is 2200. The second-order valence-corrected chi connectivity index (χ2v) is 18.9. The predicted octanol–water partition coefficient (Wildman–Crippen LogP) is 9.45. The Balaban J connectivity index is 1.03. The number of hydrogen-bond donors (Lipinski definition) is 2. The molecule has 0 unspecified atom stereocenters. The van der Waals surface area contributed by atoms with Crippen molar-refractivity contribution in [2.75, 3.05) is 55.7 Å².